The lowest BCUT2D eigenvalue weighted by Crippen LogP contribution is -2.15. The summed E-state index contributed by atoms with van der Waals surface area (Å²) in [6.07, 6.45) is 5.70. The number of carbonyl (C=O) groups excluding carboxylic acids is 2. The maximum atomic E-state index is 13.1. The molecule has 1 N–H and O–H groups in total. The Hall–Kier alpha value is -4.06. The summed E-state index contributed by atoms with van der Waals surface area (Å²) in [7, 11) is 0. The molecule has 0 spiro atoms. The van der Waals surface area contributed by atoms with Crippen LogP contribution < -0.4 is 0 Å². The van der Waals surface area contributed by atoms with E-state index in [1.54, 1.807) is 12.3 Å². The zero-order chi connectivity index (χ0) is 23.0. The minimum Gasteiger partial charge on any atom is -0.360 e. The molecule has 0 fully saturated rings. The van der Waals surface area contributed by atoms with Crippen molar-refractivity contribution in [3.8, 4) is 0 Å². The number of nitro groups is 1. The second-order valence-corrected chi connectivity index (χ2v) is 7.98. The van der Waals surface area contributed by atoms with E-state index in [1.807, 2.05) is 30.3 Å². The molecule has 0 aliphatic heterocycles. The van der Waals surface area contributed by atoms with E-state index in [0.29, 0.717) is 22.0 Å². The van der Waals surface area contributed by atoms with Gasteiger partial charge < -0.3 is 4.98 Å². The van der Waals surface area contributed by atoms with Crippen LogP contribution in [0, 0.1) is 16.0 Å². The van der Waals surface area contributed by atoms with E-state index in [9.17, 15) is 19.7 Å². The monoisotopic (exact) mass is 426 g/mol. The molecule has 1 aromatic heterocycles. The summed E-state index contributed by atoms with van der Waals surface area (Å²) in [5, 5.41) is 11.8. The molecule has 0 radical (unpaired) electrons. The van der Waals surface area contributed by atoms with Gasteiger partial charge in [-0.2, -0.15) is 0 Å². The molecule has 0 saturated heterocycles. The van der Waals surface area contributed by atoms with E-state index in [0.717, 1.165) is 23.1 Å². The number of hydrogen-bond acceptors (Lipinski definition) is 4. The van der Waals surface area contributed by atoms with Crippen LogP contribution in [0.15, 0.2) is 73.0 Å². The highest BCUT2D eigenvalue weighted by Gasteiger charge is 2.28. The van der Waals surface area contributed by atoms with Gasteiger partial charge in [0, 0.05) is 40.4 Å². The molecular weight excluding hydrogens is 404 g/mol. The molecule has 0 bridgehead atoms. The SMILES string of the molecule is C=CC(=O)/C(=C(\C(C)=O)C1=CC(C)Cc2ccccc21)c1c[nH]c2cc([N+](=O)[O-])ccc12. The van der Waals surface area contributed by atoms with Crippen molar-refractivity contribution < 1.29 is 14.5 Å². The molecule has 1 heterocycles. The molecule has 1 aliphatic carbocycles. The number of fused-ring (bicyclic) bond motifs is 2. The molecule has 2 aromatic carbocycles. The summed E-state index contributed by atoms with van der Waals surface area (Å²) < 4.78 is 0. The molecule has 4 rings (SSSR count). The lowest BCUT2D eigenvalue weighted by atomic mass is 9.78. The number of non-ortho nitro benzene ring substituents is 1. The van der Waals surface area contributed by atoms with Gasteiger partial charge in [-0.1, -0.05) is 43.8 Å². The number of benzene rings is 2. The van der Waals surface area contributed by atoms with Crippen molar-refractivity contribution in [2.75, 3.05) is 0 Å². The fourth-order valence-electron chi connectivity index (χ4n) is 4.39. The highest BCUT2D eigenvalue weighted by molar-refractivity contribution is 6.36. The average molecular weight is 426 g/mol. The highest BCUT2D eigenvalue weighted by atomic mass is 16.6. The number of hydrogen-bond donors (Lipinski definition) is 1. The molecule has 6 nitrogen and oxygen atoms in total. The number of aromatic nitrogens is 1. The standard InChI is InChI=1S/C26H22N2O4/c1-4-24(30)26(22-14-27-23-13-18(28(31)32)9-10-20(22)23)25(16(3)29)21-12-15(2)11-17-7-5-6-8-19(17)21/h4-10,12-15,27H,1,11H2,2-3H3/b26-25+. The van der Waals surface area contributed by atoms with Crippen molar-refractivity contribution in [1.82, 2.24) is 4.98 Å². The predicted octanol–water partition coefficient (Wildman–Crippen LogP) is 5.45. The fourth-order valence-corrected chi connectivity index (χ4v) is 4.39. The van der Waals surface area contributed by atoms with Gasteiger partial charge in [0.15, 0.2) is 11.6 Å². The first-order valence-corrected chi connectivity index (χ1v) is 10.3. The van der Waals surface area contributed by atoms with E-state index in [1.165, 1.54) is 25.1 Å². The maximum absolute atomic E-state index is 13.1. The van der Waals surface area contributed by atoms with Gasteiger partial charge in [0.1, 0.15) is 0 Å². The molecule has 0 amide bonds. The number of carbonyl (C=O) groups is 2. The van der Waals surface area contributed by atoms with Gasteiger partial charge in [-0.25, -0.2) is 0 Å². The van der Waals surface area contributed by atoms with Gasteiger partial charge in [-0.15, -0.1) is 0 Å². The number of rotatable bonds is 6. The van der Waals surface area contributed by atoms with Gasteiger partial charge >= 0.3 is 0 Å². The number of nitrogens with zero attached hydrogens (tertiary/aromatic N) is 1. The number of nitro benzene ring substituents is 1. The summed E-state index contributed by atoms with van der Waals surface area (Å²) in [4.78, 5) is 39.8. The molecule has 1 atom stereocenters. The van der Waals surface area contributed by atoms with Crippen LogP contribution in [0.3, 0.4) is 0 Å². The zero-order valence-electron chi connectivity index (χ0n) is 17.8. The zero-order valence-corrected chi connectivity index (χ0v) is 17.8. The van der Waals surface area contributed by atoms with E-state index in [4.69, 9.17) is 0 Å². The van der Waals surface area contributed by atoms with Crippen LogP contribution in [0.1, 0.15) is 30.5 Å². The number of allylic oxidation sites excluding steroid dienone is 5. The molecule has 3 aromatic rings. The van der Waals surface area contributed by atoms with E-state index in [2.05, 4.69) is 18.5 Å². The molecule has 32 heavy (non-hydrogen) atoms. The quantitative estimate of drug-likeness (QED) is 0.322. The topological polar surface area (TPSA) is 93.1 Å². The Morgan fingerprint density at radius 2 is 1.94 bits per heavy atom. The van der Waals surface area contributed by atoms with Crippen LogP contribution in [0.2, 0.25) is 0 Å². The third-order valence-corrected chi connectivity index (χ3v) is 5.75. The number of ketones is 2. The first-order valence-electron chi connectivity index (χ1n) is 10.3. The predicted molar refractivity (Wildman–Crippen MR) is 125 cm³/mol. The second kappa shape index (κ2) is 8.23. The Kier molecular flexibility index (Phi) is 5.45. The van der Waals surface area contributed by atoms with Gasteiger partial charge in [0.2, 0.25) is 0 Å². The Morgan fingerprint density at radius 3 is 2.62 bits per heavy atom. The van der Waals surface area contributed by atoms with Crippen molar-refractivity contribution in [2.45, 2.75) is 20.3 Å². The lowest BCUT2D eigenvalue weighted by Gasteiger charge is -2.24. The minimum atomic E-state index is -0.474. The van der Waals surface area contributed by atoms with E-state index in [-0.39, 0.29) is 28.7 Å². The summed E-state index contributed by atoms with van der Waals surface area (Å²) in [6.45, 7) is 7.17. The van der Waals surface area contributed by atoms with Crippen LogP contribution in [-0.4, -0.2) is 21.5 Å². The molecule has 160 valence electrons. The third kappa shape index (κ3) is 3.60. The van der Waals surface area contributed by atoms with Crippen molar-refractivity contribution in [3.63, 3.8) is 0 Å². The Morgan fingerprint density at radius 1 is 1.19 bits per heavy atom. The summed E-state index contributed by atoms with van der Waals surface area (Å²) in [5.41, 5.74) is 4.32. The highest BCUT2D eigenvalue weighted by Crippen LogP contribution is 2.40. The van der Waals surface area contributed by atoms with Crippen LogP contribution in [-0.2, 0) is 16.0 Å². The Balaban J connectivity index is 2.05. The van der Waals surface area contributed by atoms with Crippen LogP contribution in [0.4, 0.5) is 5.69 Å². The Labute approximate surface area is 185 Å². The van der Waals surface area contributed by atoms with Gasteiger partial charge in [-0.05, 0) is 48.1 Å². The minimum absolute atomic E-state index is 0.0593. The molecule has 1 aliphatic rings. The van der Waals surface area contributed by atoms with Crippen LogP contribution >= 0.6 is 0 Å². The van der Waals surface area contributed by atoms with Crippen molar-refractivity contribution in [3.05, 3.63) is 99.8 Å². The average Bonchev–Trinajstić information content (AvgIpc) is 3.18. The number of Topliss-reactive ketones (excluding diaryl/α,β-unsaturated/α-hetero) is 1. The van der Waals surface area contributed by atoms with Crippen LogP contribution in [0.25, 0.3) is 22.0 Å². The first kappa shape index (κ1) is 21.2. The maximum Gasteiger partial charge on any atom is 0.271 e. The number of nitrogens with one attached hydrogen (secondary N) is 1. The molecule has 1 unspecified atom stereocenters. The van der Waals surface area contributed by atoms with Crippen molar-refractivity contribution in [1.29, 1.82) is 0 Å². The van der Waals surface area contributed by atoms with Gasteiger partial charge in [-0.3, -0.25) is 19.7 Å². The van der Waals surface area contributed by atoms with Gasteiger partial charge in [0.25, 0.3) is 5.69 Å². The summed E-state index contributed by atoms with van der Waals surface area (Å²) >= 11 is 0. The van der Waals surface area contributed by atoms with Crippen molar-refractivity contribution in [2.24, 2.45) is 5.92 Å². The third-order valence-electron chi connectivity index (χ3n) is 5.75. The Bertz CT molecular complexity index is 1360. The number of H-pyrrole nitrogens is 1. The van der Waals surface area contributed by atoms with Crippen molar-refractivity contribution >= 4 is 39.3 Å². The smallest absolute Gasteiger partial charge is 0.271 e. The normalized spacial score (nSPS) is 16.1. The largest absolute Gasteiger partial charge is 0.360 e. The molecule has 6 heteroatoms. The second-order valence-electron chi connectivity index (χ2n) is 7.98. The lowest BCUT2D eigenvalue weighted by molar-refractivity contribution is -0.384. The van der Waals surface area contributed by atoms with E-state index < -0.39 is 4.92 Å². The summed E-state index contributed by atoms with van der Waals surface area (Å²) in [6, 6.07) is 12.3. The summed E-state index contributed by atoms with van der Waals surface area (Å²) in [5.74, 6) is -0.423. The first-order chi connectivity index (χ1) is 15.3. The number of aromatic amines is 1. The molecular formula is C26H22N2O4. The molecule has 0 saturated carbocycles. The van der Waals surface area contributed by atoms with Gasteiger partial charge in [0.05, 0.1) is 10.4 Å². The van der Waals surface area contributed by atoms with Crippen LogP contribution in [0.5, 0.6) is 0 Å². The van der Waals surface area contributed by atoms with E-state index >= 15 is 0 Å². The fraction of sp³-hybridized carbons (Fsp3) is 0.154.